The van der Waals surface area contributed by atoms with Crippen molar-refractivity contribution >= 4 is 22.7 Å². The maximum absolute atomic E-state index is 13.0. The summed E-state index contributed by atoms with van der Waals surface area (Å²) >= 11 is 0. The van der Waals surface area contributed by atoms with Crippen LogP contribution in [-0.2, 0) is 24.3 Å². The first-order valence-corrected chi connectivity index (χ1v) is 11.3. The molecule has 1 saturated heterocycles. The fourth-order valence-electron chi connectivity index (χ4n) is 4.26. The van der Waals surface area contributed by atoms with Crippen LogP contribution in [0.2, 0.25) is 0 Å². The summed E-state index contributed by atoms with van der Waals surface area (Å²) in [7, 11) is 0. The molecule has 0 N–H and O–H groups in total. The molecule has 1 fully saturated rings. The van der Waals surface area contributed by atoms with E-state index in [-0.39, 0.29) is 30.5 Å². The average molecular weight is 449 g/mol. The van der Waals surface area contributed by atoms with E-state index in [1.165, 1.54) is 10.1 Å². The average Bonchev–Trinajstić information content (AvgIpc) is 2.86. The molecule has 3 aromatic rings. The van der Waals surface area contributed by atoms with Crippen LogP contribution < -0.4 is 11.2 Å². The molecule has 8 heteroatoms. The molecule has 0 bridgehead atoms. The normalized spacial score (nSPS) is 14.0. The van der Waals surface area contributed by atoms with Crippen LogP contribution in [0, 0.1) is 0 Å². The fourth-order valence-corrected chi connectivity index (χ4v) is 4.26. The Hall–Kier alpha value is -3.68. The Kier molecular flexibility index (Phi) is 6.44. The lowest BCUT2D eigenvalue weighted by atomic mass is 10.1. The lowest BCUT2D eigenvalue weighted by Gasteiger charge is -2.35. The van der Waals surface area contributed by atoms with Crippen LogP contribution in [0.4, 0.5) is 0 Å². The van der Waals surface area contributed by atoms with Crippen molar-refractivity contribution in [2.75, 3.05) is 26.2 Å². The quantitative estimate of drug-likeness (QED) is 0.595. The van der Waals surface area contributed by atoms with Gasteiger partial charge in [-0.2, -0.15) is 0 Å². The Morgan fingerprint density at radius 1 is 0.818 bits per heavy atom. The SMILES string of the molecule is CCc1ccc(C(=O)N2CCN(C(=O)Cn3c(=O)n(CC)c(=O)c4ccccc43)CC2)cc1. The number of para-hydroxylation sites is 1. The number of carbonyl (C=O) groups excluding carboxylic acids is 2. The molecule has 2 amide bonds. The van der Waals surface area contributed by atoms with Gasteiger partial charge in [-0.3, -0.25) is 23.5 Å². The number of nitrogens with zero attached hydrogens (tertiary/aromatic N) is 4. The number of carbonyl (C=O) groups is 2. The molecule has 1 aliphatic rings. The van der Waals surface area contributed by atoms with E-state index in [1.54, 1.807) is 41.0 Å². The Morgan fingerprint density at radius 3 is 2.09 bits per heavy atom. The summed E-state index contributed by atoms with van der Waals surface area (Å²) in [5.41, 5.74) is 1.45. The zero-order chi connectivity index (χ0) is 23.5. The number of hydrogen-bond donors (Lipinski definition) is 0. The van der Waals surface area contributed by atoms with Crippen molar-refractivity contribution in [3.8, 4) is 0 Å². The third kappa shape index (κ3) is 4.33. The van der Waals surface area contributed by atoms with E-state index in [1.807, 2.05) is 24.3 Å². The van der Waals surface area contributed by atoms with Gasteiger partial charge in [0.1, 0.15) is 6.54 Å². The molecule has 1 aliphatic heterocycles. The van der Waals surface area contributed by atoms with Gasteiger partial charge in [-0.25, -0.2) is 4.79 Å². The Morgan fingerprint density at radius 2 is 1.45 bits per heavy atom. The van der Waals surface area contributed by atoms with E-state index in [2.05, 4.69) is 6.92 Å². The minimum absolute atomic E-state index is 0.0398. The molecule has 0 saturated carbocycles. The van der Waals surface area contributed by atoms with E-state index in [9.17, 15) is 19.2 Å². The number of piperazine rings is 1. The number of benzene rings is 2. The van der Waals surface area contributed by atoms with Gasteiger partial charge in [0.25, 0.3) is 11.5 Å². The monoisotopic (exact) mass is 448 g/mol. The van der Waals surface area contributed by atoms with Crippen molar-refractivity contribution in [3.05, 3.63) is 80.5 Å². The molecule has 0 aliphatic carbocycles. The summed E-state index contributed by atoms with van der Waals surface area (Å²) < 4.78 is 2.52. The summed E-state index contributed by atoms with van der Waals surface area (Å²) in [4.78, 5) is 54.8. The lowest BCUT2D eigenvalue weighted by Crippen LogP contribution is -2.52. The molecule has 1 aromatic heterocycles. The zero-order valence-corrected chi connectivity index (χ0v) is 19.0. The van der Waals surface area contributed by atoms with E-state index in [0.29, 0.717) is 42.6 Å². The second-order valence-corrected chi connectivity index (χ2v) is 8.16. The van der Waals surface area contributed by atoms with Crippen molar-refractivity contribution in [1.29, 1.82) is 0 Å². The maximum Gasteiger partial charge on any atom is 0.331 e. The molecule has 0 radical (unpaired) electrons. The molecule has 0 spiro atoms. The van der Waals surface area contributed by atoms with Crippen LogP contribution in [0.25, 0.3) is 10.9 Å². The second-order valence-electron chi connectivity index (χ2n) is 8.16. The lowest BCUT2D eigenvalue weighted by molar-refractivity contribution is -0.133. The number of hydrogen-bond acceptors (Lipinski definition) is 4. The van der Waals surface area contributed by atoms with E-state index in [4.69, 9.17) is 0 Å². The third-order valence-corrected chi connectivity index (χ3v) is 6.27. The molecule has 0 unspecified atom stereocenters. The van der Waals surface area contributed by atoms with Crippen LogP contribution in [0.15, 0.2) is 58.1 Å². The molecule has 2 heterocycles. The van der Waals surface area contributed by atoms with Crippen molar-refractivity contribution in [2.24, 2.45) is 0 Å². The van der Waals surface area contributed by atoms with Gasteiger partial charge in [0.15, 0.2) is 0 Å². The van der Waals surface area contributed by atoms with Crippen LogP contribution in [0.5, 0.6) is 0 Å². The molecule has 33 heavy (non-hydrogen) atoms. The van der Waals surface area contributed by atoms with Gasteiger partial charge >= 0.3 is 5.69 Å². The third-order valence-electron chi connectivity index (χ3n) is 6.27. The molecular weight excluding hydrogens is 420 g/mol. The number of rotatable bonds is 5. The summed E-state index contributed by atoms with van der Waals surface area (Å²) in [6.45, 7) is 5.56. The highest BCUT2D eigenvalue weighted by atomic mass is 16.2. The fraction of sp³-hybridized carbons (Fsp3) is 0.360. The van der Waals surface area contributed by atoms with Crippen molar-refractivity contribution in [2.45, 2.75) is 33.4 Å². The van der Waals surface area contributed by atoms with E-state index >= 15 is 0 Å². The molecule has 2 aromatic carbocycles. The summed E-state index contributed by atoms with van der Waals surface area (Å²) in [5.74, 6) is -0.245. The first-order valence-electron chi connectivity index (χ1n) is 11.3. The molecule has 0 atom stereocenters. The minimum Gasteiger partial charge on any atom is -0.338 e. The number of fused-ring (bicyclic) bond motifs is 1. The predicted molar refractivity (Wildman–Crippen MR) is 126 cm³/mol. The van der Waals surface area contributed by atoms with Crippen molar-refractivity contribution < 1.29 is 9.59 Å². The molecule has 4 rings (SSSR count). The van der Waals surface area contributed by atoms with E-state index < -0.39 is 5.69 Å². The molecule has 172 valence electrons. The number of aromatic nitrogens is 2. The van der Waals surface area contributed by atoms with Gasteiger partial charge in [0, 0.05) is 38.3 Å². The number of aryl methyl sites for hydroxylation is 1. The molecular formula is C25H28N4O4. The van der Waals surface area contributed by atoms with Crippen molar-refractivity contribution in [1.82, 2.24) is 18.9 Å². The van der Waals surface area contributed by atoms with E-state index in [0.717, 1.165) is 11.0 Å². The van der Waals surface area contributed by atoms with Gasteiger partial charge in [-0.15, -0.1) is 0 Å². The van der Waals surface area contributed by atoms with Gasteiger partial charge in [0.05, 0.1) is 10.9 Å². The maximum atomic E-state index is 13.0. The highest BCUT2D eigenvalue weighted by molar-refractivity contribution is 5.94. The zero-order valence-electron chi connectivity index (χ0n) is 19.0. The Balaban J connectivity index is 1.48. The highest BCUT2D eigenvalue weighted by Gasteiger charge is 2.26. The molecule has 8 nitrogen and oxygen atoms in total. The van der Waals surface area contributed by atoms with Gasteiger partial charge < -0.3 is 9.80 Å². The summed E-state index contributed by atoms with van der Waals surface area (Å²) in [6.07, 6.45) is 0.920. The first kappa shape index (κ1) is 22.5. The summed E-state index contributed by atoms with van der Waals surface area (Å²) in [5, 5.41) is 0.413. The Labute approximate surface area is 191 Å². The predicted octanol–water partition coefficient (Wildman–Crippen LogP) is 1.73. The number of amides is 2. The van der Waals surface area contributed by atoms with Crippen LogP contribution >= 0.6 is 0 Å². The smallest absolute Gasteiger partial charge is 0.331 e. The standard InChI is InChI=1S/C25H28N4O4/c1-3-18-9-11-19(12-10-18)23(31)27-15-13-26(14-16-27)22(30)17-29-21-8-6-5-7-20(21)24(32)28(4-2)25(29)33/h5-12H,3-4,13-17H2,1-2H3. The van der Waals surface area contributed by atoms with Crippen LogP contribution in [-0.4, -0.2) is 56.9 Å². The van der Waals surface area contributed by atoms with Crippen LogP contribution in [0.3, 0.4) is 0 Å². The topological polar surface area (TPSA) is 84.6 Å². The summed E-state index contributed by atoms with van der Waals surface area (Å²) in [6, 6.07) is 14.5. The van der Waals surface area contributed by atoms with Gasteiger partial charge in [-0.05, 0) is 43.2 Å². The van der Waals surface area contributed by atoms with Crippen LogP contribution in [0.1, 0.15) is 29.8 Å². The Bertz CT molecular complexity index is 1300. The minimum atomic E-state index is -0.487. The highest BCUT2D eigenvalue weighted by Crippen LogP contribution is 2.12. The van der Waals surface area contributed by atoms with Crippen molar-refractivity contribution in [3.63, 3.8) is 0 Å². The first-order chi connectivity index (χ1) is 15.9. The van der Waals surface area contributed by atoms with Gasteiger partial charge in [-0.1, -0.05) is 31.2 Å². The largest absolute Gasteiger partial charge is 0.338 e. The van der Waals surface area contributed by atoms with Gasteiger partial charge in [0.2, 0.25) is 5.91 Å². The second kappa shape index (κ2) is 9.44.